The zero-order valence-electron chi connectivity index (χ0n) is 18.4. The van der Waals surface area contributed by atoms with Gasteiger partial charge in [0.05, 0.1) is 18.2 Å². The molecule has 2 aromatic rings. The van der Waals surface area contributed by atoms with E-state index < -0.39 is 12.1 Å². The van der Waals surface area contributed by atoms with Crippen molar-refractivity contribution in [2.45, 2.75) is 26.4 Å². The quantitative estimate of drug-likeness (QED) is 0.634. The van der Waals surface area contributed by atoms with E-state index in [1.165, 1.54) is 6.20 Å². The van der Waals surface area contributed by atoms with Crippen molar-refractivity contribution in [3.63, 3.8) is 0 Å². The lowest BCUT2D eigenvalue weighted by Gasteiger charge is -2.37. The first-order chi connectivity index (χ1) is 15.5. The molecule has 0 radical (unpaired) electrons. The van der Waals surface area contributed by atoms with Crippen molar-refractivity contribution in [1.29, 1.82) is 0 Å². The summed E-state index contributed by atoms with van der Waals surface area (Å²) < 4.78 is 4.98. The van der Waals surface area contributed by atoms with Gasteiger partial charge in [0.2, 0.25) is 5.91 Å². The van der Waals surface area contributed by atoms with Crippen LogP contribution < -0.4 is 15.5 Å². The van der Waals surface area contributed by atoms with E-state index in [0.29, 0.717) is 44.9 Å². The lowest BCUT2D eigenvalue weighted by molar-refractivity contribution is -0.124. The molecule has 32 heavy (non-hydrogen) atoms. The molecule has 1 atom stereocenters. The number of amides is 3. The SMILES string of the molecule is CCOC(=O)c1ccc(N2CCN(C(C)C(=O)NC(=O)NCc3ccccc3)CC2)nc1. The van der Waals surface area contributed by atoms with Gasteiger partial charge in [-0.3, -0.25) is 15.0 Å². The molecule has 9 nitrogen and oxygen atoms in total. The highest BCUT2D eigenvalue weighted by atomic mass is 16.5. The van der Waals surface area contributed by atoms with Gasteiger partial charge >= 0.3 is 12.0 Å². The third-order valence-corrected chi connectivity index (χ3v) is 5.36. The average molecular weight is 440 g/mol. The van der Waals surface area contributed by atoms with Crippen LogP contribution in [-0.4, -0.2) is 66.6 Å². The minimum Gasteiger partial charge on any atom is -0.462 e. The Morgan fingerprint density at radius 3 is 2.41 bits per heavy atom. The Morgan fingerprint density at radius 1 is 1.06 bits per heavy atom. The number of nitrogens with one attached hydrogen (secondary N) is 2. The van der Waals surface area contributed by atoms with E-state index in [4.69, 9.17) is 4.74 Å². The number of hydrogen-bond donors (Lipinski definition) is 2. The van der Waals surface area contributed by atoms with Crippen LogP contribution >= 0.6 is 0 Å². The topological polar surface area (TPSA) is 104 Å². The van der Waals surface area contributed by atoms with E-state index in [9.17, 15) is 14.4 Å². The molecule has 2 heterocycles. The summed E-state index contributed by atoms with van der Waals surface area (Å²) in [5.74, 6) is 0.0556. The highest BCUT2D eigenvalue weighted by Crippen LogP contribution is 2.16. The normalized spacial score (nSPS) is 15.0. The lowest BCUT2D eigenvalue weighted by Crippen LogP contribution is -2.55. The third kappa shape index (κ3) is 6.27. The predicted molar refractivity (Wildman–Crippen MR) is 120 cm³/mol. The molecule has 1 aromatic carbocycles. The summed E-state index contributed by atoms with van der Waals surface area (Å²) in [7, 11) is 0. The van der Waals surface area contributed by atoms with Crippen LogP contribution in [0.15, 0.2) is 48.7 Å². The summed E-state index contributed by atoms with van der Waals surface area (Å²) >= 11 is 0. The van der Waals surface area contributed by atoms with Gasteiger partial charge in [-0.1, -0.05) is 30.3 Å². The fourth-order valence-electron chi connectivity index (χ4n) is 3.45. The minimum atomic E-state index is -0.504. The predicted octanol–water partition coefficient (Wildman–Crippen LogP) is 1.79. The number of pyridine rings is 1. The van der Waals surface area contributed by atoms with E-state index >= 15 is 0 Å². The monoisotopic (exact) mass is 439 g/mol. The van der Waals surface area contributed by atoms with Gasteiger partial charge in [-0.05, 0) is 31.5 Å². The molecule has 170 valence electrons. The largest absolute Gasteiger partial charge is 0.462 e. The number of imide groups is 1. The number of benzene rings is 1. The van der Waals surface area contributed by atoms with E-state index in [-0.39, 0.29) is 11.9 Å². The van der Waals surface area contributed by atoms with Crippen LogP contribution in [0.2, 0.25) is 0 Å². The first-order valence-corrected chi connectivity index (χ1v) is 10.7. The molecule has 1 unspecified atom stereocenters. The third-order valence-electron chi connectivity index (χ3n) is 5.36. The maximum absolute atomic E-state index is 12.5. The number of ether oxygens (including phenoxy) is 1. The second kappa shape index (κ2) is 11.2. The molecule has 2 N–H and O–H groups in total. The lowest BCUT2D eigenvalue weighted by atomic mass is 10.2. The molecular weight excluding hydrogens is 410 g/mol. The number of piperazine rings is 1. The van der Waals surface area contributed by atoms with Crippen LogP contribution in [0.4, 0.5) is 10.6 Å². The summed E-state index contributed by atoms with van der Waals surface area (Å²) in [5.41, 5.74) is 1.38. The smallest absolute Gasteiger partial charge is 0.339 e. The van der Waals surface area contributed by atoms with E-state index in [0.717, 1.165) is 11.4 Å². The Balaban J connectivity index is 1.44. The van der Waals surface area contributed by atoms with Crippen LogP contribution in [0.3, 0.4) is 0 Å². The number of nitrogens with zero attached hydrogens (tertiary/aromatic N) is 3. The van der Waals surface area contributed by atoms with E-state index in [1.54, 1.807) is 26.0 Å². The van der Waals surface area contributed by atoms with Crippen molar-refractivity contribution < 1.29 is 19.1 Å². The summed E-state index contributed by atoms with van der Waals surface area (Å²) in [4.78, 5) is 44.8. The number of carbonyl (C=O) groups is 3. The van der Waals surface area contributed by atoms with Crippen molar-refractivity contribution in [2.75, 3.05) is 37.7 Å². The van der Waals surface area contributed by atoms with Crippen molar-refractivity contribution >= 4 is 23.7 Å². The Hall–Kier alpha value is -3.46. The zero-order chi connectivity index (χ0) is 22.9. The van der Waals surface area contributed by atoms with Crippen LogP contribution in [0.1, 0.15) is 29.8 Å². The van der Waals surface area contributed by atoms with Gasteiger partial charge in [-0.15, -0.1) is 0 Å². The van der Waals surface area contributed by atoms with Gasteiger partial charge in [0, 0.05) is 38.9 Å². The Bertz CT molecular complexity index is 912. The minimum absolute atomic E-state index is 0.322. The molecule has 1 aromatic heterocycles. The zero-order valence-corrected chi connectivity index (χ0v) is 18.4. The molecule has 3 rings (SSSR count). The molecule has 0 saturated carbocycles. The van der Waals surface area contributed by atoms with Gasteiger partial charge in [-0.2, -0.15) is 0 Å². The van der Waals surface area contributed by atoms with E-state index in [2.05, 4.69) is 20.5 Å². The summed E-state index contributed by atoms with van der Waals surface area (Å²) in [6, 6.07) is 12.1. The van der Waals surface area contributed by atoms with Crippen molar-refractivity contribution in [2.24, 2.45) is 0 Å². The molecule has 1 saturated heterocycles. The number of rotatable bonds is 7. The number of hydrogen-bond acceptors (Lipinski definition) is 7. The summed E-state index contributed by atoms with van der Waals surface area (Å²) in [6.07, 6.45) is 1.52. The number of urea groups is 1. The fourth-order valence-corrected chi connectivity index (χ4v) is 3.45. The number of carbonyl (C=O) groups excluding carboxylic acids is 3. The van der Waals surface area contributed by atoms with Gasteiger partial charge in [0.25, 0.3) is 0 Å². The van der Waals surface area contributed by atoms with Crippen LogP contribution in [0, 0.1) is 0 Å². The molecule has 1 aliphatic heterocycles. The molecule has 9 heteroatoms. The maximum Gasteiger partial charge on any atom is 0.339 e. The Labute approximate surface area is 187 Å². The average Bonchev–Trinajstić information content (AvgIpc) is 2.83. The Morgan fingerprint density at radius 2 is 1.78 bits per heavy atom. The molecular formula is C23H29N5O4. The molecule has 0 bridgehead atoms. The van der Waals surface area contributed by atoms with Gasteiger partial charge in [-0.25, -0.2) is 14.6 Å². The van der Waals surface area contributed by atoms with Crippen molar-refractivity contribution in [1.82, 2.24) is 20.5 Å². The first-order valence-electron chi connectivity index (χ1n) is 10.7. The fraction of sp³-hybridized carbons (Fsp3) is 0.391. The standard InChI is InChI=1S/C23H29N5O4/c1-3-32-22(30)19-9-10-20(24-16-19)28-13-11-27(12-14-28)17(2)21(29)26-23(31)25-15-18-7-5-4-6-8-18/h4-10,16-17H,3,11-15H2,1-2H3,(H2,25,26,29,31). The number of anilines is 1. The summed E-state index contributed by atoms with van der Waals surface area (Å²) in [6.45, 7) is 6.91. The molecule has 1 fully saturated rings. The molecule has 0 aliphatic carbocycles. The number of esters is 1. The van der Waals surface area contributed by atoms with Crippen molar-refractivity contribution in [3.8, 4) is 0 Å². The number of aromatic nitrogens is 1. The van der Waals surface area contributed by atoms with Gasteiger partial charge in [0.1, 0.15) is 5.82 Å². The first kappa shape index (κ1) is 23.2. The van der Waals surface area contributed by atoms with Crippen LogP contribution in [0.25, 0.3) is 0 Å². The highest BCUT2D eigenvalue weighted by molar-refractivity contribution is 5.96. The van der Waals surface area contributed by atoms with Gasteiger partial charge in [0.15, 0.2) is 0 Å². The van der Waals surface area contributed by atoms with Gasteiger partial charge < -0.3 is 15.0 Å². The molecule has 0 spiro atoms. The molecule has 3 amide bonds. The second-order valence-corrected chi connectivity index (χ2v) is 7.48. The van der Waals surface area contributed by atoms with Crippen LogP contribution in [0.5, 0.6) is 0 Å². The highest BCUT2D eigenvalue weighted by Gasteiger charge is 2.27. The Kier molecular flexibility index (Phi) is 8.15. The molecule has 1 aliphatic rings. The van der Waals surface area contributed by atoms with Crippen molar-refractivity contribution in [3.05, 3.63) is 59.8 Å². The maximum atomic E-state index is 12.5. The van der Waals surface area contributed by atoms with Crippen LogP contribution in [-0.2, 0) is 16.1 Å². The summed E-state index contributed by atoms with van der Waals surface area (Å²) in [5, 5.41) is 5.11. The van der Waals surface area contributed by atoms with E-state index in [1.807, 2.05) is 35.2 Å². The second-order valence-electron chi connectivity index (χ2n) is 7.48.